The average molecular weight is 284 g/mol. The number of hydrogen-bond acceptors (Lipinski definition) is 5. The van der Waals surface area contributed by atoms with Gasteiger partial charge >= 0.3 is 5.97 Å². The second-order valence-electron chi connectivity index (χ2n) is 6.04. The molecule has 6 nitrogen and oxygen atoms in total. The van der Waals surface area contributed by atoms with Gasteiger partial charge in [0.2, 0.25) is 0 Å². The molecule has 0 atom stereocenters. The Bertz CT molecular complexity index is 339. The van der Waals surface area contributed by atoms with Crippen LogP contribution in [-0.4, -0.2) is 78.6 Å². The molecule has 1 saturated carbocycles. The lowest BCUT2D eigenvalue weighted by molar-refractivity contribution is -0.184. The molecular weight excluding hydrogens is 260 g/mol. The lowest BCUT2D eigenvalue weighted by Gasteiger charge is -2.43. The van der Waals surface area contributed by atoms with Crippen LogP contribution in [0.2, 0.25) is 0 Å². The van der Waals surface area contributed by atoms with E-state index in [9.17, 15) is 4.79 Å². The van der Waals surface area contributed by atoms with Crippen LogP contribution in [0.1, 0.15) is 25.7 Å². The normalized spacial score (nSPS) is 29.0. The molecular formula is C14H24N2O4. The smallest absolute Gasteiger partial charge is 0.317 e. The predicted molar refractivity (Wildman–Crippen MR) is 72.5 cm³/mol. The van der Waals surface area contributed by atoms with Crippen LogP contribution in [0.5, 0.6) is 0 Å². The minimum atomic E-state index is -0.728. The molecule has 0 amide bonds. The van der Waals surface area contributed by atoms with Crippen molar-refractivity contribution in [3.05, 3.63) is 0 Å². The molecule has 2 heterocycles. The van der Waals surface area contributed by atoms with Crippen molar-refractivity contribution in [3.8, 4) is 0 Å². The maximum Gasteiger partial charge on any atom is 0.317 e. The molecule has 3 aliphatic rings. The summed E-state index contributed by atoms with van der Waals surface area (Å²) < 4.78 is 11.5. The van der Waals surface area contributed by atoms with E-state index in [-0.39, 0.29) is 12.3 Å². The molecule has 0 bridgehead atoms. The predicted octanol–water partition coefficient (Wildman–Crippen LogP) is 0.374. The largest absolute Gasteiger partial charge is 0.480 e. The van der Waals surface area contributed by atoms with Crippen LogP contribution < -0.4 is 0 Å². The zero-order valence-electron chi connectivity index (χ0n) is 11.9. The number of aliphatic carboxylic acids is 1. The Labute approximate surface area is 119 Å². The van der Waals surface area contributed by atoms with E-state index in [1.54, 1.807) is 0 Å². The molecule has 1 aliphatic carbocycles. The average Bonchev–Trinajstić information content (AvgIpc) is 2.89. The van der Waals surface area contributed by atoms with Gasteiger partial charge in [-0.1, -0.05) is 0 Å². The van der Waals surface area contributed by atoms with Crippen molar-refractivity contribution in [2.45, 2.75) is 37.5 Å². The summed E-state index contributed by atoms with van der Waals surface area (Å²) in [5.74, 6) is -1.00. The SMILES string of the molecule is O=C(O)CN1CCN(C2CCC3(CC2)OCCO3)CC1. The maximum atomic E-state index is 10.7. The number of ether oxygens (including phenoxy) is 2. The highest BCUT2D eigenvalue weighted by atomic mass is 16.7. The molecule has 2 aliphatic heterocycles. The first-order chi connectivity index (χ1) is 9.67. The molecule has 0 unspecified atom stereocenters. The van der Waals surface area contributed by atoms with Crippen molar-refractivity contribution in [2.75, 3.05) is 45.9 Å². The van der Waals surface area contributed by atoms with Crippen molar-refractivity contribution in [1.82, 2.24) is 9.80 Å². The summed E-state index contributed by atoms with van der Waals surface area (Å²) in [6.07, 6.45) is 4.23. The summed E-state index contributed by atoms with van der Waals surface area (Å²) in [7, 11) is 0. The third kappa shape index (κ3) is 3.14. The number of piperazine rings is 1. The Morgan fingerprint density at radius 2 is 1.70 bits per heavy atom. The molecule has 0 aromatic rings. The highest BCUT2D eigenvalue weighted by molar-refractivity contribution is 5.69. The first kappa shape index (κ1) is 14.3. The van der Waals surface area contributed by atoms with Gasteiger partial charge in [0.1, 0.15) is 0 Å². The van der Waals surface area contributed by atoms with E-state index < -0.39 is 5.97 Å². The van der Waals surface area contributed by atoms with Crippen LogP contribution in [0.3, 0.4) is 0 Å². The van der Waals surface area contributed by atoms with Crippen LogP contribution in [0.4, 0.5) is 0 Å². The minimum absolute atomic E-state index is 0.170. The summed E-state index contributed by atoms with van der Waals surface area (Å²) in [5.41, 5.74) is 0. The summed E-state index contributed by atoms with van der Waals surface area (Å²) in [6, 6.07) is 0.611. The topological polar surface area (TPSA) is 62.2 Å². The summed E-state index contributed by atoms with van der Waals surface area (Å²) >= 11 is 0. The van der Waals surface area contributed by atoms with E-state index in [2.05, 4.69) is 4.90 Å². The molecule has 0 aromatic carbocycles. The van der Waals surface area contributed by atoms with Crippen molar-refractivity contribution >= 4 is 5.97 Å². The second-order valence-corrected chi connectivity index (χ2v) is 6.04. The lowest BCUT2D eigenvalue weighted by Crippen LogP contribution is -2.53. The van der Waals surface area contributed by atoms with Crippen molar-refractivity contribution in [2.24, 2.45) is 0 Å². The van der Waals surface area contributed by atoms with Crippen LogP contribution in [-0.2, 0) is 14.3 Å². The summed E-state index contributed by atoms with van der Waals surface area (Å²) in [6.45, 7) is 5.32. The Balaban J connectivity index is 1.44. The molecule has 1 spiro atoms. The van der Waals surface area contributed by atoms with Gasteiger partial charge in [0, 0.05) is 45.1 Å². The fourth-order valence-corrected chi connectivity index (χ4v) is 3.67. The quantitative estimate of drug-likeness (QED) is 0.808. The first-order valence-electron chi connectivity index (χ1n) is 7.63. The van der Waals surface area contributed by atoms with E-state index in [0.717, 1.165) is 65.1 Å². The van der Waals surface area contributed by atoms with E-state index in [4.69, 9.17) is 14.6 Å². The third-order valence-corrected chi connectivity index (χ3v) is 4.81. The molecule has 114 valence electrons. The van der Waals surface area contributed by atoms with Gasteiger partial charge in [0.05, 0.1) is 19.8 Å². The summed E-state index contributed by atoms with van der Waals surface area (Å²) in [5, 5.41) is 8.82. The van der Waals surface area contributed by atoms with Crippen LogP contribution in [0.15, 0.2) is 0 Å². The van der Waals surface area contributed by atoms with Crippen LogP contribution in [0.25, 0.3) is 0 Å². The van der Waals surface area contributed by atoms with Crippen molar-refractivity contribution in [3.63, 3.8) is 0 Å². The standard InChI is InChI=1S/C14H24N2O4/c17-13(18)11-15-5-7-16(8-6-15)12-1-3-14(4-2-12)19-9-10-20-14/h12H,1-11H2,(H,17,18). The Morgan fingerprint density at radius 1 is 1.10 bits per heavy atom. The van der Waals surface area contributed by atoms with Crippen LogP contribution >= 0.6 is 0 Å². The van der Waals surface area contributed by atoms with Gasteiger partial charge in [-0.2, -0.15) is 0 Å². The fourth-order valence-electron chi connectivity index (χ4n) is 3.67. The first-order valence-corrected chi connectivity index (χ1v) is 7.63. The maximum absolute atomic E-state index is 10.7. The molecule has 20 heavy (non-hydrogen) atoms. The highest BCUT2D eigenvalue weighted by Gasteiger charge is 2.41. The van der Waals surface area contributed by atoms with Gasteiger partial charge in [-0.05, 0) is 12.8 Å². The number of nitrogens with zero attached hydrogens (tertiary/aromatic N) is 2. The van der Waals surface area contributed by atoms with Crippen molar-refractivity contribution in [1.29, 1.82) is 0 Å². The molecule has 2 saturated heterocycles. The van der Waals surface area contributed by atoms with Gasteiger partial charge in [-0.15, -0.1) is 0 Å². The van der Waals surface area contributed by atoms with Gasteiger partial charge in [-0.3, -0.25) is 14.6 Å². The minimum Gasteiger partial charge on any atom is -0.480 e. The zero-order chi connectivity index (χ0) is 14.0. The van der Waals surface area contributed by atoms with E-state index >= 15 is 0 Å². The molecule has 0 radical (unpaired) electrons. The fraction of sp³-hybridized carbons (Fsp3) is 0.929. The monoisotopic (exact) mass is 284 g/mol. The second kappa shape index (κ2) is 5.97. The molecule has 6 heteroatoms. The van der Waals surface area contributed by atoms with Gasteiger partial charge in [0.25, 0.3) is 0 Å². The van der Waals surface area contributed by atoms with E-state index in [1.807, 2.05) is 4.90 Å². The Morgan fingerprint density at radius 3 is 2.25 bits per heavy atom. The zero-order valence-corrected chi connectivity index (χ0v) is 11.9. The summed E-state index contributed by atoms with van der Waals surface area (Å²) in [4.78, 5) is 15.2. The Kier molecular flexibility index (Phi) is 4.26. The van der Waals surface area contributed by atoms with E-state index in [0.29, 0.717) is 6.04 Å². The number of carboxylic acids is 1. The van der Waals surface area contributed by atoms with E-state index in [1.165, 1.54) is 0 Å². The molecule has 1 N–H and O–H groups in total. The van der Waals surface area contributed by atoms with Gasteiger partial charge < -0.3 is 14.6 Å². The lowest BCUT2D eigenvalue weighted by atomic mass is 9.89. The molecule has 0 aromatic heterocycles. The van der Waals surface area contributed by atoms with Gasteiger partial charge in [-0.25, -0.2) is 0 Å². The third-order valence-electron chi connectivity index (χ3n) is 4.81. The van der Waals surface area contributed by atoms with Gasteiger partial charge in [0.15, 0.2) is 5.79 Å². The van der Waals surface area contributed by atoms with Crippen LogP contribution in [0, 0.1) is 0 Å². The number of carboxylic acid groups (broad SMARTS) is 1. The number of rotatable bonds is 3. The molecule has 3 rings (SSSR count). The number of carbonyl (C=O) groups is 1. The Hall–Kier alpha value is -0.690. The van der Waals surface area contributed by atoms with Crippen molar-refractivity contribution < 1.29 is 19.4 Å². The molecule has 3 fully saturated rings. The number of hydrogen-bond donors (Lipinski definition) is 1. The highest BCUT2D eigenvalue weighted by Crippen LogP contribution is 2.37.